The van der Waals surface area contributed by atoms with Crippen molar-refractivity contribution in [2.24, 2.45) is 0 Å². The first kappa shape index (κ1) is 20.6. The summed E-state index contributed by atoms with van der Waals surface area (Å²) in [7, 11) is 0. The molecule has 3 aromatic heterocycles. The van der Waals surface area contributed by atoms with Gasteiger partial charge in [-0.2, -0.15) is 4.98 Å². The molecule has 0 aliphatic carbocycles. The van der Waals surface area contributed by atoms with E-state index in [1.807, 2.05) is 0 Å². The SMILES string of the molecule is CC1(n2c(=O)c3c(-c4noc(-c5ccc(F)cc5F)n4)ncn3c3cccc(F)c32)CCCO1. The molecular weight excluding hydrogens is 451 g/mol. The van der Waals surface area contributed by atoms with Gasteiger partial charge in [0.05, 0.1) is 11.1 Å². The standard InChI is InChI=1S/C23H16F3N5O3/c1-23(8-3-9-33-23)31-18-14(25)4-2-5-16(18)30-11-27-17(19(30)22(31)32)20-28-21(34-29-20)13-7-6-12(24)10-15(13)26/h2,4-7,10-11H,3,8-9H2,1H3. The van der Waals surface area contributed by atoms with Crippen LogP contribution in [0.3, 0.4) is 0 Å². The molecule has 0 bridgehead atoms. The van der Waals surface area contributed by atoms with Gasteiger partial charge in [0.2, 0.25) is 5.82 Å². The second-order valence-corrected chi connectivity index (χ2v) is 8.23. The fraction of sp³-hybridized carbons (Fsp3) is 0.217. The van der Waals surface area contributed by atoms with Gasteiger partial charge >= 0.3 is 0 Å². The van der Waals surface area contributed by atoms with E-state index in [9.17, 15) is 13.6 Å². The molecule has 1 aliphatic heterocycles. The van der Waals surface area contributed by atoms with Crippen molar-refractivity contribution >= 4 is 16.6 Å². The molecule has 6 rings (SSSR count). The first-order chi connectivity index (χ1) is 16.4. The van der Waals surface area contributed by atoms with Crippen LogP contribution in [0, 0.1) is 17.5 Å². The number of ether oxygens (including phenoxy) is 1. The van der Waals surface area contributed by atoms with Gasteiger partial charge in [-0.25, -0.2) is 18.2 Å². The highest BCUT2D eigenvalue weighted by Gasteiger charge is 2.36. The molecule has 1 saturated heterocycles. The van der Waals surface area contributed by atoms with Crippen molar-refractivity contribution < 1.29 is 22.4 Å². The zero-order chi connectivity index (χ0) is 23.6. The minimum atomic E-state index is -1.06. The minimum Gasteiger partial charge on any atom is -0.355 e. The van der Waals surface area contributed by atoms with Gasteiger partial charge in [-0.05, 0) is 44.0 Å². The van der Waals surface area contributed by atoms with Gasteiger partial charge in [0.1, 0.15) is 46.2 Å². The van der Waals surface area contributed by atoms with Gasteiger partial charge < -0.3 is 9.26 Å². The predicted molar refractivity (Wildman–Crippen MR) is 114 cm³/mol. The molecule has 172 valence electrons. The number of rotatable bonds is 3. The average molecular weight is 467 g/mol. The van der Waals surface area contributed by atoms with E-state index in [2.05, 4.69) is 15.1 Å². The van der Waals surface area contributed by atoms with E-state index in [-0.39, 0.29) is 34.0 Å². The number of nitrogens with zero attached hydrogens (tertiary/aromatic N) is 5. The van der Waals surface area contributed by atoms with Gasteiger partial charge in [-0.15, -0.1) is 0 Å². The molecule has 8 nitrogen and oxygen atoms in total. The number of aromatic nitrogens is 5. The summed E-state index contributed by atoms with van der Waals surface area (Å²) in [6.07, 6.45) is 2.60. The molecule has 0 amide bonds. The lowest BCUT2D eigenvalue weighted by Gasteiger charge is -2.28. The first-order valence-corrected chi connectivity index (χ1v) is 10.5. The third-order valence-corrected chi connectivity index (χ3v) is 6.09. The number of fused-ring (bicyclic) bond motifs is 3. The normalized spacial score (nSPS) is 18.4. The Bertz CT molecular complexity index is 1650. The molecule has 0 saturated carbocycles. The van der Waals surface area contributed by atoms with Crippen LogP contribution in [0.25, 0.3) is 39.5 Å². The number of para-hydroxylation sites is 1. The lowest BCUT2D eigenvalue weighted by Crippen LogP contribution is -2.39. The van der Waals surface area contributed by atoms with Gasteiger partial charge in [-0.1, -0.05) is 11.2 Å². The number of benzene rings is 2. The van der Waals surface area contributed by atoms with Gasteiger partial charge in [0.15, 0.2) is 0 Å². The Kier molecular flexibility index (Phi) is 4.40. The Balaban J connectivity index is 1.62. The Morgan fingerprint density at radius 3 is 2.71 bits per heavy atom. The molecule has 5 aromatic rings. The zero-order valence-corrected chi connectivity index (χ0v) is 17.8. The summed E-state index contributed by atoms with van der Waals surface area (Å²) >= 11 is 0. The molecule has 11 heteroatoms. The summed E-state index contributed by atoms with van der Waals surface area (Å²) in [6, 6.07) is 7.43. The minimum absolute atomic E-state index is 0.0712. The van der Waals surface area contributed by atoms with E-state index >= 15 is 4.39 Å². The van der Waals surface area contributed by atoms with Crippen LogP contribution >= 0.6 is 0 Å². The largest absolute Gasteiger partial charge is 0.355 e. The maximum atomic E-state index is 15.0. The monoisotopic (exact) mass is 467 g/mol. The molecular formula is C23H16F3N5O3. The van der Waals surface area contributed by atoms with Crippen LogP contribution in [0.5, 0.6) is 0 Å². The van der Waals surface area contributed by atoms with Crippen LogP contribution in [-0.4, -0.2) is 30.7 Å². The summed E-state index contributed by atoms with van der Waals surface area (Å²) < 4.78 is 56.3. The van der Waals surface area contributed by atoms with Crippen LogP contribution in [0.2, 0.25) is 0 Å². The lowest BCUT2D eigenvalue weighted by atomic mass is 10.1. The first-order valence-electron chi connectivity index (χ1n) is 10.5. The van der Waals surface area contributed by atoms with E-state index in [0.717, 1.165) is 6.07 Å². The fourth-order valence-corrected chi connectivity index (χ4v) is 4.51. The summed E-state index contributed by atoms with van der Waals surface area (Å²) in [5.41, 5.74) is -1.05. The summed E-state index contributed by atoms with van der Waals surface area (Å²) in [5.74, 6) is -2.47. The number of halogens is 3. The topological polar surface area (TPSA) is 87.5 Å². The molecule has 0 spiro atoms. The maximum Gasteiger partial charge on any atom is 0.280 e. The van der Waals surface area contributed by atoms with Crippen molar-refractivity contribution in [1.29, 1.82) is 0 Å². The van der Waals surface area contributed by atoms with Gasteiger partial charge in [-0.3, -0.25) is 13.8 Å². The molecule has 1 fully saturated rings. The molecule has 2 aromatic carbocycles. The highest BCUT2D eigenvalue weighted by Crippen LogP contribution is 2.34. The Hall–Kier alpha value is -3.99. The second-order valence-electron chi connectivity index (χ2n) is 8.23. The molecule has 0 radical (unpaired) electrons. The smallest absolute Gasteiger partial charge is 0.280 e. The summed E-state index contributed by atoms with van der Waals surface area (Å²) in [4.78, 5) is 22.2. The summed E-state index contributed by atoms with van der Waals surface area (Å²) in [6.45, 7) is 2.18. The van der Waals surface area contributed by atoms with Crippen LogP contribution in [0.4, 0.5) is 13.2 Å². The van der Waals surface area contributed by atoms with Crippen LogP contribution in [-0.2, 0) is 10.5 Å². The number of hydrogen-bond acceptors (Lipinski definition) is 6. The molecule has 1 aliphatic rings. The molecule has 1 atom stereocenters. The maximum absolute atomic E-state index is 15.0. The van der Waals surface area contributed by atoms with Crippen molar-refractivity contribution in [3.63, 3.8) is 0 Å². The van der Waals surface area contributed by atoms with Crippen LogP contribution < -0.4 is 5.56 Å². The van der Waals surface area contributed by atoms with Crippen molar-refractivity contribution in [2.75, 3.05) is 6.61 Å². The highest BCUT2D eigenvalue weighted by molar-refractivity contribution is 5.84. The number of hydrogen-bond donors (Lipinski definition) is 0. The third-order valence-electron chi connectivity index (χ3n) is 6.09. The Morgan fingerprint density at radius 2 is 1.94 bits per heavy atom. The van der Waals surface area contributed by atoms with Gasteiger partial charge in [0, 0.05) is 12.7 Å². The number of imidazole rings is 1. The quantitative estimate of drug-likeness (QED) is 0.394. The Morgan fingerprint density at radius 1 is 1.09 bits per heavy atom. The Labute approximate surface area is 189 Å². The highest BCUT2D eigenvalue weighted by atomic mass is 19.1. The van der Waals surface area contributed by atoms with Crippen molar-refractivity contribution in [2.45, 2.75) is 25.5 Å². The molecule has 1 unspecified atom stereocenters. The van der Waals surface area contributed by atoms with Crippen LogP contribution in [0.1, 0.15) is 19.8 Å². The van der Waals surface area contributed by atoms with E-state index < -0.39 is 28.7 Å². The van der Waals surface area contributed by atoms with Gasteiger partial charge in [0.25, 0.3) is 11.4 Å². The lowest BCUT2D eigenvalue weighted by molar-refractivity contribution is -0.0451. The van der Waals surface area contributed by atoms with Crippen molar-refractivity contribution in [3.05, 3.63) is 70.5 Å². The second kappa shape index (κ2) is 7.26. The van der Waals surface area contributed by atoms with Crippen LogP contribution in [0.15, 0.2) is 52.0 Å². The fourth-order valence-electron chi connectivity index (χ4n) is 4.51. The average Bonchev–Trinajstić information content (AvgIpc) is 3.54. The summed E-state index contributed by atoms with van der Waals surface area (Å²) in [5, 5.41) is 3.86. The van der Waals surface area contributed by atoms with Crippen molar-refractivity contribution in [3.8, 4) is 23.0 Å². The zero-order valence-electron chi connectivity index (χ0n) is 17.8. The third kappa shape index (κ3) is 2.90. The van der Waals surface area contributed by atoms with Crippen molar-refractivity contribution in [1.82, 2.24) is 24.1 Å². The van der Waals surface area contributed by atoms with E-state index in [1.54, 1.807) is 13.0 Å². The molecule has 0 N–H and O–H groups in total. The molecule has 34 heavy (non-hydrogen) atoms. The predicted octanol–water partition coefficient (Wildman–Crippen LogP) is 4.27. The van der Waals surface area contributed by atoms with E-state index in [4.69, 9.17) is 9.26 Å². The van der Waals surface area contributed by atoms with E-state index in [0.29, 0.717) is 31.0 Å². The molecule has 4 heterocycles. The van der Waals surface area contributed by atoms with E-state index in [1.165, 1.54) is 33.5 Å².